The highest BCUT2D eigenvalue weighted by Gasteiger charge is 2.70. The van der Waals surface area contributed by atoms with Crippen molar-refractivity contribution in [1.82, 2.24) is 14.7 Å². The number of aliphatic hydroxyl groups is 1. The van der Waals surface area contributed by atoms with Gasteiger partial charge in [0.1, 0.15) is 0 Å². The first-order chi connectivity index (χ1) is 16.7. The van der Waals surface area contributed by atoms with E-state index in [-0.39, 0.29) is 17.2 Å². The van der Waals surface area contributed by atoms with Crippen LogP contribution in [0.25, 0.3) is 0 Å². The highest BCUT2D eigenvalue weighted by molar-refractivity contribution is 5.94. The zero-order valence-corrected chi connectivity index (χ0v) is 21.4. The molecule has 5 aliphatic carbocycles. The van der Waals surface area contributed by atoms with Gasteiger partial charge in [0.2, 0.25) is 0 Å². The largest absolute Gasteiger partial charge is 0.390 e. The second kappa shape index (κ2) is 7.66. The monoisotopic (exact) mass is 479 g/mol. The molecular weight excluding hydrogens is 438 g/mol. The third kappa shape index (κ3) is 3.41. The van der Waals surface area contributed by atoms with Crippen molar-refractivity contribution in [2.45, 2.75) is 83.8 Å². The highest BCUT2D eigenvalue weighted by Crippen LogP contribution is 2.74. The Balaban J connectivity index is 1.07. The zero-order valence-electron chi connectivity index (χ0n) is 21.4. The number of likely N-dealkylation sites (tertiary alicyclic amines) is 1. The molecule has 1 N–H and O–H groups in total. The Bertz CT molecular complexity index is 1040. The molecule has 6 fully saturated rings. The smallest absolute Gasteiger partial charge is 0.257 e. The number of amides is 1. The van der Waals surface area contributed by atoms with Gasteiger partial charge in [-0.15, -0.1) is 0 Å². The Morgan fingerprint density at radius 1 is 1.03 bits per heavy atom. The average molecular weight is 480 g/mol. The fourth-order valence-electron chi connectivity index (χ4n) is 10.2. The van der Waals surface area contributed by atoms with E-state index in [1.807, 2.05) is 11.8 Å². The molecule has 35 heavy (non-hydrogen) atoms. The summed E-state index contributed by atoms with van der Waals surface area (Å²) in [6.45, 7) is 6.45. The third-order valence-corrected chi connectivity index (χ3v) is 11.7. The van der Waals surface area contributed by atoms with E-state index in [0.717, 1.165) is 56.0 Å². The standard InChI is InChI=1S/C29H41N3O3/c1-28(35)8-6-19-17(13-28)4-5-21-20(19)7-9-29(2)25(21)22-12-23(22)26(29)24(33)16-32-15-18(14-30-32)27(34)31-10-3-11-31/h14-15,17,19-23,25-26,35H,3-13,16H2,1-2H3/t17-,19-,20-,21-,22-,23-,25-,26+,28-,29-/m1/s1. The van der Waals surface area contributed by atoms with Crippen LogP contribution >= 0.6 is 0 Å². The van der Waals surface area contributed by atoms with Crippen molar-refractivity contribution in [3.8, 4) is 0 Å². The van der Waals surface area contributed by atoms with Crippen molar-refractivity contribution in [3.63, 3.8) is 0 Å². The van der Waals surface area contributed by atoms with E-state index in [9.17, 15) is 14.7 Å². The lowest BCUT2D eigenvalue weighted by atomic mass is 9.48. The van der Waals surface area contributed by atoms with Crippen LogP contribution in [-0.4, -0.2) is 50.2 Å². The van der Waals surface area contributed by atoms with Gasteiger partial charge < -0.3 is 10.0 Å². The van der Waals surface area contributed by atoms with Crippen LogP contribution in [0.4, 0.5) is 0 Å². The van der Waals surface area contributed by atoms with Crippen molar-refractivity contribution >= 4 is 11.7 Å². The molecule has 0 spiro atoms. The summed E-state index contributed by atoms with van der Waals surface area (Å²) in [5, 5.41) is 15.1. The summed E-state index contributed by atoms with van der Waals surface area (Å²) in [5.41, 5.74) is 0.277. The Morgan fingerprint density at radius 3 is 2.60 bits per heavy atom. The Morgan fingerprint density at radius 2 is 1.83 bits per heavy atom. The minimum Gasteiger partial charge on any atom is -0.390 e. The normalized spacial score (nSPS) is 47.7. The molecule has 0 bridgehead atoms. The van der Waals surface area contributed by atoms with Gasteiger partial charge in [-0.05, 0) is 112 Å². The van der Waals surface area contributed by atoms with E-state index in [4.69, 9.17) is 0 Å². The van der Waals surface area contributed by atoms with Crippen LogP contribution < -0.4 is 0 Å². The Hall–Kier alpha value is -1.69. The summed E-state index contributed by atoms with van der Waals surface area (Å²) in [6.07, 6.45) is 13.9. The molecule has 1 aromatic rings. The maximum Gasteiger partial charge on any atom is 0.257 e. The Labute approximate surface area is 208 Å². The van der Waals surface area contributed by atoms with Gasteiger partial charge in [0, 0.05) is 25.2 Å². The molecular formula is C29H41N3O3. The van der Waals surface area contributed by atoms with Gasteiger partial charge >= 0.3 is 0 Å². The molecule has 0 radical (unpaired) electrons. The van der Waals surface area contributed by atoms with Gasteiger partial charge in [0.05, 0.1) is 23.9 Å². The number of ketones is 1. The molecule has 190 valence electrons. The minimum atomic E-state index is -0.462. The van der Waals surface area contributed by atoms with Gasteiger partial charge in [0.15, 0.2) is 5.78 Å². The number of carbonyl (C=O) groups is 2. The predicted octanol–water partition coefficient (Wildman–Crippen LogP) is 4.17. The first-order valence-corrected chi connectivity index (χ1v) is 14.3. The number of hydrogen-bond donors (Lipinski definition) is 1. The molecule has 5 saturated carbocycles. The van der Waals surface area contributed by atoms with Gasteiger partial charge in [-0.2, -0.15) is 5.10 Å². The summed E-state index contributed by atoms with van der Waals surface area (Å²) >= 11 is 0. The van der Waals surface area contributed by atoms with Crippen LogP contribution in [0.3, 0.4) is 0 Å². The van der Waals surface area contributed by atoms with E-state index >= 15 is 0 Å². The van der Waals surface area contributed by atoms with Gasteiger partial charge in [-0.1, -0.05) is 6.92 Å². The summed E-state index contributed by atoms with van der Waals surface area (Å²) in [7, 11) is 0. The van der Waals surface area contributed by atoms with Gasteiger partial charge in [-0.3, -0.25) is 14.3 Å². The molecule has 7 rings (SSSR count). The fraction of sp³-hybridized carbons (Fsp3) is 0.828. The number of aromatic nitrogens is 2. The molecule has 6 aliphatic rings. The number of fused-ring (bicyclic) bond motifs is 7. The second-order valence-corrected chi connectivity index (χ2v) is 13.7. The van der Waals surface area contributed by atoms with E-state index in [1.165, 1.54) is 38.5 Å². The van der Waals surface area contributed by atoms with Crippen molar-refractivity contribution < 1.29 is 14.7 Å². The number of carbonyl (C=O) groups excluding carboxylic acids is 2. The number of rotatable bonds is 4. The van der Waals surface area contributed by atoms with Gasteiger partial charge in [-0.25, -0.2) is 0 Å². The maximum absolute atomic E-state index is 13.8. The average Bonchev–Trinajstić information content (AvgIpc) is 3.26. The maximum atomic E-state index is 13.8. The Kier molecular flexibility index (Phi) is 4.92. The van der Waals surface area contributed by atoms with Crippen LogP contribution in [0.15, 0.2) is 12.4 Å². The van der Waals surface area contributed by atoms with E-state index in [1.54, 1.807) is 17.1 Å². The predicted molar refractivity (Wildman–Crippen MR) is 131 cm³/mol. The number of Topliss-reactive ketones (excluding diaryl/α,β-unsaturated/α-hetero) is 1. The lowest BCUT2D eigenvalue weighted by Crippen LogP contribution is -2.52. The number of hydrogen-bond acceptors (Lipinski definition) is 4. The van der Waals surface area contributed by atoms with E-state index < -0.39 is 5.60 Å². The molecule has 1 saturated heterocycles. The lowest BCUT2D eigenvalue weighted by molar-refractivity contribution is -0.136. The van der Waals surface area contributed by atoms with Crippen LogP contribution in [0.1, 0.15) is 82.0 Å². The summed E-state index contributed by atoms with van der Waals surface area (Å²) < 4.78 is 1.72. The van der Waals surface area contributed by atoms with Gasteiger partial charge in [0.25, 0.3) is 5.91 Å². The van der Waals surface area contributed by atoms with E-state index in [0.29, 0.717) is 35.6 Å². The fourth-order valence-corrected chi connectivity index (χ4v) is 10.2. The van der Waals surface area contributed by atoms with Crippen molar-refractivity contribution in [2.75, 3.05) is 13.1 Å². The topological polar surface area (TPSA) is 75.4 Å². The first kappa shape index (κ1) is 22.5. The molecule has 0 aromatic carbocycles. The van der Waals surface area contributed by atoms with Crippen LogP contribution in [0.2, 0.25) is 0 Å². The molecule has 6 heteroatoms. The molecule has 1 aromatic heterocycles. The summed E-state index contributed by atoms with van der Waals surface area (Å²) in [6, 6.07) is 0. The molecule has 2 heterocycles. The van der Waals surface area contributed by atoms with Crippen LogP contribution in [0.5, 0.6) is 0 Å². The van der Waals surface area contributed by atoms with Crippen molar-refractivity contribution in [3.05, 3.63) is 18.0 Å². The lowest BCUT2D eigenvalue weighted by Gasteiger charge is -2.57. The third-order valence-electron chi connectivity index (χ3n) is 11.7. The second-order valence-electron chi connectivity index (χ2n) is 13.7. The number of nitrogens with zero attached hydrogens (tertiary/aromatic N) is 3. The van der Waals surface area contributed by atoms with Crippen molar-refractivity contribution in [1.29, 1.82) is 0 Å². The first-order valence-electron chi connectivity index (χ1n) is 14.3. The quantitative estimate of drug-likeness (QED) is 0.703. The molecule has 0 unspecified atom stereocenters. The van der Waals surface area contributed by atoms with E-state index in [2.05, 4.69) is 12.0 Å². The zero-order chi connectivity index (χ0) is 24.1. The molecule has 1 aliphatic heterocycles. The van der Waals surface area contributed by atoms with Crippen molar-refractivity contribution in [2.24, 2.45) is 52.8 Å². The summed E-state index contributed by atoms with van der Waals surface area (Å²) in [4.78, 5) is 28.1. The summed E-state index contributed by atoms with van der Waals surface area (Å²) in [5.74, 6) is 5.62. The minimum absolute atomic E-state index is 0.0447. The van der Waals surface area contributed by atoms with Crippen LogP contribution in [-0.2, 0) is 11.3 Å². The molecule has 1 amide bonds. The highest BCUT2D eigenvalue weighted by atomic mass is 16.3. The van der Waals surface area contributed by atoms with Crippen LogP contribution in [0, 0.1) is 52.8 Å². The SMILES string of the molecule is C[C@@]1(O)CC[C@@H]2[C@H](CC[C@@H]3[C@@H]2CC[C@]2(C)[C@H]3[C@@H]3C[C@H]3[C@H]2C(=O)Cn2cc(C(=O)N3CCC3)cn2)C1. The molecule has 10 atom stereocenters. The molecule has 6 nitrogen and oxygen atoms in total.